The van der Waals surface area contributed by atoms with Crippen molar-refractivity contribution in [1.29, 1.82) is 0 Å². The van der Waals surface area contributed by atoms with Crippen molar-refractivity contribution in [2.75, 3.05) is 0 Å². The van der Waals surface area contributed by atoms with E-state index < -0.39 is 11.5 Å². The Bertz CT molecular complexity index is 1520. The fourth-order valence-corrected chi connectivity index (χ4v) is 4.55. The number of aromatic nitrogens is 2. The highest BCUT2D eigenvalue weighted by molar-refractivity contribution is 5.91. The fraction of sp³-hybridized carbons (Fsp3) is 0.100. The average molecular weight is 475 g/mol. The molecule has 0 spiro atoms. The summed E-state index contributed by atoms with van der Waals surface area (Å²) in [5.41, 5.74) is 6.45. The van der Waals surface area contributed by atoms with E-state index in [-0.39, 0.29) is 0 Å². The van der Waals surface area contributed by atoms with E-state index in [1.165, 1.54) is 0 Å². The maximum atomic E-state index is 13.3. The minimum absolute atomic E-state index is 0.466. The van der Waals surface area contributed by atoms with Crippen molar-refractivity contribution in [1.82, 2.24) is 15.0 Å². The van der Waals surface area contributed by atoms with E-state index in [1.807, 2.05) is 56.3 Å². The van der Waals surface area contributed by atoms with E-state index in [1.54, 1.807) is 60.9 Å². The Kier molecular flexibility index (Phi) is 6.19. The van der Waals surface area contributed by atoms with Crippen molar-refractivity contribution >= 4 is 23.0 Å². The molecule has 36 heavy (non-hydrogen) atoms. The highest BCUT2D eigenvalue weighted by Crippen LogP contribution is 2.30. The van der Waals surface area contributed by atoms with Gasteiger partial charge >= 0.3 is 0 Å². The second-order valence-corrected chi connectivity index (χ2v) is 8.68. The van der Waals surface area contributed by atoms with E-state index in [9.17, 15) is 9.90 Å². The van der Waals surface area contributed by atoms with Crippen LogP contribution in [0.1, 0.15) is 28.1 Å². The van der Waals surface area contributed by atoms with Crippen LogP contribution in [-0.4, -0.2) is 26.8 Å². The number of pyridine rings is 1. The summed E-state index contributed by atoms with van der Waals surface area (Å²) in [6.45, 7) is 4.04. The smallest absolute Gasteiger partial charge is 0.281 e. The number of hydrogen-bond acceptors (Lipinski definition) is 4. The Morgan fingerprint density at radius 1 is 0.917 bits per heavy atom. The summed E-state index contributed by atoms with van der Waals surface area (Å²) in [6, 6.07) is 29.9. The number of amides is 1. The molecule has 0 radical (unpaired) electrons. The molecule has 0 atom stereocenters. The van der Waals surface area contributed by atoms with Crippen LogP contribution in [0.15, 0.2) is 108 Å². The molecule has 0 saturated heterocycles. The van der Waals surface area contributed by atoms with Crippen molar-refractivity contribution in [3.63, 3.8) is 0 Å². The van der Waals surface area contributed by atoms with E-state index in [4.69, 9.17) is 0 Å². The standard InChI is InChI=1S/C30H26N4O2/c1-21-18-24(22(2)34(21)27-15-16-28-23(19-27)10-9-17-31-28)20-32-33-29(35)30(36,25-11-5-3-6-12-25)26-13-7-4-8-14-26/h3-20,36H,1-2H3,(H,33,35)/b32-20-. The molecule has 1 amide bonds. The third-order valence-corrected chi connectivity index (χ3v) is 6.40. The Morgan fingerprint density at radius 2 is 1.58 bits per heavy atom. The van der Waals surface area contributed by atoms with Gasteiger partial charge in [0.05, 0.1) is 11.7 Å². The summed E-state index contributed by atoms with van der Waals surface area (Å²) >= 11 is 0. The van der Waals surface area contributed by atoms with Crippen LogP contribution in [0.25, 0.3) is 16.6 Å². The third kappa shape index (κ3) is 4.19. The van der Waals surface area contributed by atoms with Gasteiger partial charge in [-0.15, -0.1) is 0 Å². The topological polar surface area (TPSA) is 79.5 Å². The number of aliphatic hydroxyl groups is 1. The predicted molar refractivity (Wildman–Crippen MR) is 142 cm³/mol. The number of benzene rings is 3. The number of fused-ring (bicyclic) bond motifs is 1. The Morgan fingerprint density at radius 3 is 2.25 bits per heavy atom. The Hall–Kier alpha value is -4.55. The molecule has 5 rings (SSSR count). The fourth-order valence-electron chi connectivity index (χ4n) is 4.55. The first-order chi connectivity index (χ1) is 17.5. The molecule has 0 fully saturated rings. The lowest BCUT2D eigenvalue weighted by Crippen LogP contribution is -2.43. The molecule has 0 bridgehead atoms. The summed E-state index contributed by atoms with van der Waals surface area (Å²) in [7, 11) is 0. The third-order valence-electron chi connectivity index (χ3n) is 6.40. The number of hydrogen-bond donors (Lipinski definition) is 2. The minimum Gasteiger partial charge on any atom is -0.372 e. The SMILES string of the molecule is Cc1cc(/C=N\NC(=O)C(O)(c2ccccc2)c2ccccc2)c(C)n1-c1ccc2ncccc2c1. The molecule has 6 nitrogen and oxygen atoms in total. The van der Waals surface area contributed by atoms with Crippen LogP contribution in [0, 0.1) is 13.8 Å². The molecule has 5 aromatic rings. The first kappa shape index (κ1) is 23.2. The molecule has 6 heteroatoms. The first-order valence-corrected chi connectivity index (χ1v) is 11.7. The number of hydrazone groups is 1. The second kappa shape index (κ2) is 9.60. The quantitative estimate of drug-likeness (QED) is 0.268. The molecule has 0 saturated carbocycles. The van der Waals surface area contributed by atoms with Crippen molar-refractivity contribution in [2.24, 2.45) is 5.10 Å². The van der Waals surface area contributed by atoms with Gasteiger partial charge in [0.25, 0.3) is 5.91 Å². The number of aryl methyl sites for hydroxylation is 1. The van der Waals surface area contributed by atoms with Gasteiger partial charge in [0.1, 0.15) is 0 Å². The maximum absolute atomic E-state index is 13.3. The summed E-state index contributed by atoms with van der Waals surface area (Å²) in [4.78, 5) is 17.7. The molecule has 0 aliphatic rings. The number of nitrogens with zero attached hydrogens (tertiary/aromatic N) is 3. The van der Waals surface area contributed by atoms with Crippen molar-refractivity contribution in [3.8, 4) is 5.69 Å². The molecular formula is C30H26N4O2. The van der Waals surface area contributed by atoms with Crippen molar-refractivity contribution in [3.05, 3.63) is 131 Å². The maximum Gasteiger partial charge on any atom is 0.281 e. The molecular weight excluding hydrogens is 448 g/mol. The monoisotopic (exact) mass is 474 g/mol. The van der Waals surface area contributed by atoms with Gasteiger partial charge in [-0.3, -0.25) is 9.78 Å². The summed E-state index contributed by atoms with van der Waals surface area (Å²) in [6.07, 6.45) is 3.39. The van der Waals surface area contributed by atoms with Crippen LogP contribution in [0.3, 0.4) is 0 Å². The first-order valence-electron chi connectivity index (χ1n) is 11.7. The Balaban J connectivity index is 1.42. The van der Waals surface area contributed by atoms with E-state index in [0.717, 1.165) is 33.5 Å². The van der Waals surface area contributed by atoms with Gasteiger partial charge < -0.3 is 9.67 Å². The van der Waals surface area contributed by atoms with Gasteiger partial charge in [0.2, 0.25) is 0 Å². The minimum atomic E-state index is -1.88. The molecule has 2 N–H and O–H groups in total. The van der Waals surface area contributed by atoms with Crippen LogP contribution in [0.4, 0.5) is 0 Å². The van der Waals surface area contributed by atoms with Crippen LogP contribution in [-0.2, 0) is 10.4 Å². The van der Waals surface area contributed by atoms with Gasteiger partial charge in [0, 0.05) is 34.2 Å². The zero-order chi connectivity index (χ0) is 25.1. The van der Waals surface area contributed by atoms with Gasteiger partial charge in [-0.1, -0.05) is 66.7 Å². The number of nitrogens with one attached hydrogen (secondary N) is 1. The van der Waals surface area contributed by atoms with Crippen LogP contribution in [0.2, 0.25) is 0 Å². The number of rotatable bonds is 6. The average Bonchev–Trinajstić information content (AvgIpc) is 3.21. The second-order valence-electron chi connectivity index (χ2n) is 8.68. The van der Waals surface area contributed by atoms with Crippen molar-refractivity contribution in [2.45, 2.75) is 19.4 Å². The van der Waals surface area contributed by atoms with Crippen LogP contribution >= 0.6 is 0 Å². The lowest BCUT2D eigenvalue weighted by Gasteiger charge is -2.27. The van der Waals surface area contributed by atoms with Gasteiger partial charge in [0.15, 0.2) is 5.60 Å². The normalized spacial score (nSPS) is 11.8. The van der Waals surface area contributed by atoms with Gasteiger partial charge in [-0.05, 0) is 55.3 Å². The largest absolute Gasteiger partial charge is 0.372 e. The Labute approximate surface area is 209 Å². The summed E-state index contributed by atoms with van der Waals surface area (Å²) in [5.74, 6) is -0.632. The van der Waals surface area contributed by atoms with E-state index in [2.05, 4.69) is 26.1 Å². The summed E-state index contributed by atoms with van der Waals surface area (Å²) in [5, 5.41) is 16.8. The van der Waals surface area contributed by atoms with Crippen molar-refractivity contribution < 1.29 is 9.90 Å². The molecule has 3 aromatic carbocycles. The van der Waals surface area contributed by atoms with Gasteiger partial charge in [-0.25, -0.2) is 5.43 Å². The number of carbonyl (C=O) groups is 1. The zero-order valence-electron chi connectivity index (χ0n) is 20.1. The molecule has 2 aromatic heterocycles. The number of carbonyl (C=O) groups excluding carboxylic acids is 1. The zero-order valence-corrected chi connectivity index (χ0v) is 20.1. The van der Waals surface area contributed by atoms with Crippen LogP contribution < -0.4 is 5.43 Å². The van der Waals surface area contributed by atoms with Gasteiger partial charge in [-0.2, -0.15) is 5.10 Å². The van der Waals surface area contributed by atoms with E-state index >= 15 is 0 Å². The molecule has 0 unspecified atom stereocenters. The van der Waals surface area contributed by atoms with E-state index in [0.29, 0.717) is 11.1 Å². The summed E-state index contributed by atoms with van der Waals surface area (Å²) < 4.78 is 2.14. The predicted octanol–water partition coefficient (Wildman–Crippen LogP) is 5.03. The molecule has 0 aliphatic carbocycles. The van der Waals surface area contributed by atoms with Crippen LogP contribution in [0.5, 0.6) is 0 Å². The highest BCUT2D eigenvalue weighted by Gasteiger charge is 2.39. The molecule has 178 valence electrons. The molecule has 0 aliphatic heterocycles. The lowest BCUT2D eigenvalue weighted by atomic mass is 9.85. The lowest BCUT2D eigenvalue weighted by molar-refractivity contribution is -0.136. The highest BCUT2D eigenvalue weighted by atomic mass is 16.3. The molecule has 2 heterocycles.